The van der Waals surface area contributed by atoms with Gasteiger partial charge in [0.1, 0.15) is 11.5 Å². The van der Waals surface area contributed by atoms with Gasteiger partial charge in [0.15, 0.2) is 0 Å². The van der Waals surface area contributed by atoms with Gasteiger partial charge in [0, 0.05) is 49.4 Å². The molecule has 5 heteroatoms. The molecule has 126 valence electrons. The molecular weight excluding hydrogens is 304 g/mol. The average molecular weight is 326 g/mol. The maximum atomic E-state index is 12.1. The third-order valence-corrected chi connectivity index (χ3v) is 5.24. The van der Waals surface area contributed by atoms with Gasteiger partial charge in [-0.05, 0) is 36.6 Å². The molecule has 2 aromatic rings. The monoisotopic (exact) mass is 326 g/mol. The van der Waals surface area contributed by atoms with Gasteiger partial charge < -0.3 is 14.4 Å². The van der Waals surface area contributed by atoms with Gasteiger partial charge in [-0.1, -0.05) is 6.07 Å². The topological polar surface area (TPSA) is 54.7 Å². The van der Waals surface area contributed by atoms with E-state index in [4.69, 9.17) is 4.74 Å². The number of rotatable bonds is 3. The summed E-state index contributed by atoms with van der Waals surface area (Å²) >= 11 is 0. The van der Waals surface area contributed by atoms with Crippen LogP contribution in [0.5, 0.6) is 11.5 Å². The van der Waals surface area contributed by atoms with E-state index >= 15 is 0 Å². The summed E-state index contributed by atoms with van der Waals surface area (Å²) in [6.45, 7) is 3.36. The van der Waals surface area contributed by atoms with E-state index in [1.807, 2.05) is 16.7 Å². The van der Waals surface area contributed by atoms with Crippen LogP contribution in [0.4, 0.5) is 0 Å². The fourth-order valence-electron chi connectivity index (χ4n) is 4.18. The molecule has 0 spiro atoms. The summed E-state index contributed by atoms with van der Waals surface area (Å²) in [6, 6.07) is 10.9. The highest BCUT2D eigenvalue weighted by molar-refractivity contribution is 5.39. The minimum absolute atomic E-state index is 0.112. The quantitative estimate of drug-likeness (QED) is 0.939. The molecule has 2 unspecified atom stereocenters. The van der Waals surface area contributed by atoms with Gasteiger partial charge in [0.2, 0.25) is 0 Å². The molecule has 1 N–H and O–H groups in total. The Kier molecular flexibility index (Phi) is 3.81. The molecule has 1 aromatic heterocycles. The number of ether oxygens (including phenoxy) is 1. The van der Waals surface area contributed by atoms with Crippen molar-refractivity contribution in [2.24, 2.45) is 5.92 Å². The van der Waals surface area contributed by atoms with Gasteiger partial charge in [0.25, 0.3) is 5.56 Å². The van der Waals surface area contributed by atoms with Crippen molar-refractivity contribution in [1.29, 1.82) is 0 Å². The Morgan fingerprint density at radius 3 is 2.92 bits per heavy atom. The first-order chi connectivity index (χ1) is 11.6. The zero-order valence-electron chi connectivity index (χ0n) is 13.8. The number of aromatic hydroxyl groups is 1. The average Bonchev–Trinajstić information content (AvgIpc) is 2.58. The van der Waals surface area contributed by atoms with E-state index in [0.717, 1.165) is 43.1 Å². The Bertz CT molecular complexity index is 814. The molecule has 2 aliphatic heterocycles. The van der Waals surface area contributed by atoms with Crippen LogP contribution in [0.2, 0.25) is 0 Å². The zero-order chi connectivity index (χ0) is 16.7. The number of methoxy groups -OCH3 is 1. The van der Waals surface area contributed by atoms with E-state index in [2.05, 4.69) is 11.0 Å². The number of phenols is 1. The van der Waals surface area contributed by atoms with Crippen LogP contribution in [0, 0.1) is 5.92 Å². The van der Waals surface area contributed by atoms with Crippen LogP contribution >= 0.6 is 0 Å². The standard InChI is InChI=1S/C19H22N2O3/c1-24-16-5-6-18(22)15(8-16)12-20-9-13-7-14(11-20)17-3-2-4-19(23)21(17)10-13/h2-6,8,13-14,22H,7,9-12H2,1H3. The summed E-state index contributed by atoms with van der Waals surface area (Å²) in [6.07, 6.45) is 1.14. The number of piperidine rings is 1. The molecule has 1 fully saturated rings. The summed E-state index contributed by atoms with van der Waals surface area (Å²) < 4.78 is 7.21. The first-order valence-electron chi connectivity index (χ1n) is 8.42. The minimum atomic E-state index is 0.112. The molecule has 0 saturated carbocycles. The molecular formula is C19H22N2O3. The van der Waals surface area contributed by atoms with Crippen molar-refractivity contribution in [2.45, 2.75) is 25.4 Å². The maximum absolute atomic E-state index is 12.1. The second-order valence-electron chi connectivity index (χ2n) is 6.89. The molecule has 0 amide bonds. The Hall–Kier alpha value is -2.27. The fraction of sp³-hybridized carbons (Fsp3) is 0.421. The molecule has 2 aliphatic rings. The predicted molar refractivity (Wildman–Crippen MR) is 91.5 cm³/mol. The Balaban J connectivity index is 1.57. The minimum Gasteiger partial charge on any atom is -0.508 e. The molecule has 5 nitrogen and oxygen atoms in total. The van der Waals surface area contributed by atoms with E-state index in [1.54, 1.807) is 25.3 Å². The van der Waals surface area contributed by atoms with Gasteiger partial charge in [-0.15, -0.1) is 0 Å². The van der Waals surface area contributed by atoms with Crippen LogP contribution in [0.15, 0.2) is 41.2 Å². The fourth-order valence-corrected chi connectivity index (χ4v) is 4.18. The summed E-state index contributed by atoms with van der Waals surface area (Å²) in [4.78, 5) is 14.5. The van der Waals surface area contributed by atoms with E-state index in [0.29, 0.717) is 24.1 Å². The summed E-state index contributed by atoms with van der Waals surface area (Å²) in [5.41, 5.74) is 2.15. The lowest BCUT2D eigenvalue weighted by Gasteiger charge is -2.42. The Labute approximate surface area is 141 Å². The second kappa shape index (κ2) is 5.98. The van der Waals surface area contributed by atoms with Crippen molar-refractivity contribution >= 4 is 0 Å². The third kappa shape index (κ3) is 2.69. The van der Waals surface area contributed by atoms with Crippen LogP contribution < -0.4 is 10.3 Å². The Morgan fingerprint density at radius 2 is 2.08 bits per heavy atom. The number of likely N-dealkylation sites (tertiary alicyclic amines) is 1. The van der Waals surface area contributed by atoms with E-state index < -0.39 is 0 Å². The number of aromatic nitrogens is 1. The lowest BCUT2D eigenvalue weighted by molar-refractivity contribution is 0.113. The van der Waals surface area contributed by atoms with Crippen LogP contribution in [0.25, 0.3) is 0 Å². The van der Waals surface area contributed by atoms with Gasteiger partial charge in [-0.25, -0.2) is 0 Å². The molecule has 1 aromatic carbocycles. The molecule has 2 bridgehead atoms. The summed E-state index contributed by atoms with van der Waals surface area (Å²) in [5, 5.41) is 10.1. The number of benzene rings is 1. The number of pyridine rings is 1. The normalized spacial score (nSPS) is 22.9. The van der Waals surface area contributed by atoms with Crippen molar-refractivity contribution in [3.63, 3.8) is 0 Å². The van der Waals surface area contributed by atoms with Gasteiger partial charge in [0.05, 0.1) is 7.11 Å². The number of fused-ring (bicyclic) bond motifs is 4. The lowest BCUT2D eigenvalue weighted by Crippen LogP contribution is -2.46. The third-order valence-electron chi connectivity index (χ3n) is 5.24. The lowest BCUT2D eigenvalue weighted by atomic mass is 9.83. The molecule has 4 rings (SSSR count). The highest BCUT2D eigenvalue weighted by atomic mass is 16.5. The molecule has 24 heavy (non-hydrogen) atoms. The van der Waals surface area contributed by atoms with Crippen molar-refractivity contribution in [3.05, 3.63) is 58.0 Å². The predicted octanol–water partition coefficient (Wildman–Crippen LogP) is 2.18. The number of hydrogen-bond acceptors (Lipinski definition) is 4. The van der Waals surface area contributed by atoms with Crippen LogP contribution in [-0.2, 0) is 13.1 Å². The SMILES string of the molecule is COc1ccc(O)c(CN2CC3CC(C2)c2cccc(=O)n2C3)c1. The first-order valence-corrected chi connectivity index (χ1v) is 8.42. The van der Waals surface area contributed by atoms with Gasteiger partial charge >= 0.3 is 0 Å². The van der Waals surface area contributed by atoms with Crippen LogP contribution in [0.1, 0.15) is 23.6 Å². The number of nitrogens with zero attached hydrogens (tertiary/aromatic N) is 2. The Morgan fingerprint density at radius 1 is 1.21 bits per heavy atom. The highest BCUT2D eigenvalue weighted by Crippen LogP contribution is 2.36. The molecule has 0 radical (unpaired) electrons. The second-order valence-corrected chi connectivity index (χ2v) is 6.89. The van der Waals surface area contributed by atoms with Crippen molar-refractivity contribution in [1.82, 2.24) is 9.47 Å². The van der Waals surface area contributed by atoms with Crippen molar-refractivity contribution < 1.29 is 9.84 Å². The smallest absolute Gasteiger partial charge is 0.250 e. The first kappa shape index (κ1) is 15.3. The maximum Gasteiger partial charge on any atom is 0.250 e. The van der Waals surface area contributed by atoms with Gasteiger partial charge in [-0.3, -0.25) is 9.69 Å². The van der Waals surface area contributed by atoms with Crippen molar-refractivity contribution in [3.8, 4) is 11.5 Å². The molecule has 3 heterocycles. The summed E-state index contributed by atoms with van der Waals surface area (Å²) in [5.74, 6) is 1.95. The van der Waals surface area contributed by atoms with Crippen LogP contribution in [0.3, 0.4) is 0 Å². The van der Waals surface area contributed by atoms with Gasteiger partial charge in [-0.2, -0.15) is 0 Å². The zero-order valence-corrected chi connectivity index (χ0v) is 13.8. The van der Waals surface area contributed by atoms with E-state index in [9.17, 15) is 9.90 Å². The number of hydrogen-bond donors (Lipinski definition) is 1. The molecule has 0 aliphatic carbocycles. The van der Waals surface area contributed by atoms with Crippen LogP contribution in [-0.4, -0.2) is 34.8 Å². The molecule has 2 atom stereocenters. The highest BCUT2D eigenvalue weighted by Gasteiger charge is 2.34. The molecule has 1 saturated heterocycles. The number of phenolic OH excluding ortho intramolecular Hbond substituents is 1. The largest absolute Gasteiger partial charge is 0.508 e. The van der Waals surface area contributed by atoms with Crippen molar-refractivity contribution in [2.75, 3.05) is 20.2 Å². The summed E-state index contributed by atoms with van der Waals surface area (Å²) in [7, 11) is 1.64. The van der Waals surface area contributed by atoms with E-state index in [-0.39, 0.29) is 5.56 Å². The van der Waals surface area contributed by atoms with E-state index in [1.165, 1.54) is 0 Å².